The molecule has 2 aliphatic heterocycles. The number of thiophene rings is 1. The maximum absolute atomic E-state index is 13.2. The molecule has 3 heterocycles. The van der Waals surface area contributed by atoms with Gasteiger partial charge in [-0.1, -0.05) is 30.3 Å². The summed E-state index contributed by atoms with van der Waals surface area (Å²) < 4.78 is 5.81. The Morgan fingerprint density at radius 2 is 1.96 bits per heavy atom. The predicted octanol–water partition coefficient (Wildman–Crippen LogP) is 4.37. The number of carbonyl (C=O) groups excluding carboxylic acids is 1. The number of likely N-dealkylation sites (tertiary alicyclic amines) is 2. The van der Waals surface area contributed by atoms with Gasteiger partial charge in [-0.15, -0.1) is 11.3 Å². The third kappa shape index (κ3) is 4.19. The fourth-order valence-corrected chi connectivity index (χ4v) is 5.25. The molecule has 4 rings (SSSR count). The van der Waals surface area contributed by atoms with Crippen LogP contribution in [0.15, 0.2) is 36.4 Å². The molecular formula is C22H28N2O2S. The monoisotopic (exact) mass is 384 g/mol. The fourth-order valence-electron chi connectivity index (χ4n) is 4.17. The molecule has 0 bridgehead atoms. The lowest BCUT2D eigenvalue weighted by Crippen LogP contribution is -2.31. The van der Waals surface area contributed by atoms with Crippen molar-refractivity contribution in [3.05, 3.63) is 41.3 Å². The minimum Gasteiger partial charge on any atom is -0.492 e. The third-order valence-corrected chi connectivity index (χ3v) is 6.69. The Kier molecular flexibility index (Phi) is 5.79. The van der Waals surface area contributed by atoms with Gasteiger partial charge in [0.25, 0.3) is 5.91 Å². The van der Waals surface area contributed by atoms with E-state index in [1.165, 1.54) is 25.9 Å². The number of ether oxygens (including phenoxy) is 1. The van der Waals surface area contributed by atoms with E-state index >= 15 is 0 Å². The van der Waals surface area contributed by atoms with Crippen LogP contribution in [0.1, 0.15) is 35.9 Å². The van der Waals surface area contributed by atoms with Crippen molar-refractivity contribution in [1.29, 1.82) is 0 Å². The smallest absolute Gasteiger partial charge is 0.267 e. The van der Waals surface area contributed by atoms with Crippen molar-refractivity contribution in [3.63, 3.8) is 0 Å². The molecule has 1 amide bonds. The van der Waals surface area contributed by atoms with Crippen molar-refractivity contribution in [1.82, 2.24) is 9.80 Å². The number of hydrogen-bond acceptors (Lipinski definition) is 4. The molecular weight excluding hydrogens is 356 g/mol. The van der Waals surface area contributed by atoms with Crippen LogP contribution in [0, 0.1) is 5.92 Å². The molecule has 0 saturated carbocycles. The summed E-state index contributed by atoms with van der Waals surface area (Å²) in [6.07, 6.45) is 3.76. The normalized spacial score (nSPS) is 20.3. The lowest BCUT2D eigenvalue weighted by molar-refractivity contribution is 0.0785. The van der Waals surface area contributed by atoms with Gasteiger partial charge in [0.15, 0.2) is 0 Å². The molecule has 144 valence electrons. The standard InChI is InChI=1S/C22H28N2O2S/c1-2-26-19-14-20(18-8-4-3-5-9-18)27-21(19)22(25)24-13-10-17(16-24)15-23-11-6-7-12-23/h3-5,8-9,14,17H,2,6-7,10-13,15-16H2,1H3. The molecule has 2 saturated heterocycles. The van der Waals surface area contributed by atoms with Gasteiger partial charge >= 0.3 is 0 Å². The molecule has 0 radical (unpaired) electrons. The van der Waals surface area contributed by atoms with Crippen molar-refractivity contribution < 1.29 is 9.53 Å². The topological polar surface area (TPSA) is 32.8 Å². The number of amides is 1. The molecule has 2 aliphatic rings. The number of carbonyl (C=O) groups is 1. The van der Waals surface area contributed by atoms with E-state index in [9.17, 15) is 4.79 Å². The molecule has 27 heavy (non-hydrogen) atoms. The summed E-state index contributed by atoms with van der Waals surface area (Å²) in [5.41, 5.74) is 1.14. The SMILES string of the molecule is CCOc1cc(-c2ccccc2)sc1C(=O)N1CCC(CN2CCCC2)C1. The second kappa shape index (κ2) is 8.44. The Morgan fingerprint density at radius 3 is 2.70 bits per heavy atom. The Labute approximate surface area is 165 Å². The fraction of sp³-hybridized carbons (Fsp3) is 0.500. The Balaban J connectivity index is 1.48. The number of hydrogen-bond donors (Lipinski definition) is 0. The van der Waals surface area contributed by atoms with Crippen molar-refractivity contribution in [2.45, 2.75) is 26.2 Å². The molecule has 1 aromatic heterocycles. The van der Waals surface area contributed by atoms with Crippen LogP contribution in [-0.2, 0) is 0 Å². The largest absolute Gasteiger partial charge is 0.492 e. The molecule has 0 spiro atoms. The maximum Gasteiger partial charge on any atom is 0.267 e. The van der Waals surface area contributed by atoms with Crippen LogP contribution in [0.2, 0.25) is 0 Å². The average Bonchev–Trinajstić information content (AvgIpc) is 3.44. The highest BCUT2D eigenvalue weighted by atomic mass is 32.1. The summed E-state index contributed by atoms with van der Waals surface area (Å²) in [7, 11) is 0. The van der Waals surface area contributed by atoms with Crippen LogP contribution in [0.3, 0.4) is 0 Å². The highest BCUT2D eigenvalue weighted by Gasteiger charge is 2.31. The molecule has 0 aliphatic carbocycles. The lowest BCUT2D eigenvalue weighted by Gasteiger charge is -2.20. The first-order chi connectivity index (χ1) is 13.2. The molecule has 1 unspecified atom stereocenters. The molecule has 0 N–H and O–H groups in total. The Bertz CT molecular complexity index is 768. The number of rotatable bonds is 6. The van der Waals surface area contributed by atoms with Crippen LogP contribution in [0.5, 0.6) is 5.75 Å². The lowest BCUT2D eigenvalue weighted by atomic mass is 10.1. The quantitative estimate of drug-likeness (QED) is 0.741. The van der Waals surface area contributed by atoms with Gasteiger partial charge in [0.05, 0.1) is 6.61 Å². The zero-order valence-electron chi connectivity index (χ0n) is 16.0. The molecule has 4 nitrogen and oxygen atoms in total. The minimum atomic E-state index is 0.134. The van der Waals surface area contributed by atoms with E-state index in [0.29, 0.717) is 12.5 Å². The van der Waals surface area contributed by atoms with Gasteiger partial charge in [0, 0.05) is 24.5 Å². The first-order valence-corrected chi connectivity index (χ1v) is 10.9. The highest BCUT2D eigenvalue weighted by molar-refractivity contribution is 7.17. The van der Waals surface area contributed by atoms with Gasteiger partial charge < -0.3 is 14.5 Å². The first kappa shape index (κ1) is 18.5. The summed E-state index contributed by atoms with van der Waals surface area (Å²) in [4.78, 5) is 19.6. The average molecular weight is 385 g/mol. The summed E-state index contributed by atoms with van der Waals surface area (Å²) >= 11 is 1.56. The van der Waals surface area contributed by atoms with Gasteiger partial charge in [-0.2, -0.15) is 0 Å². The highest BCUT2D eigenvalue weighted by Crippen LogP contribution is 2.38. The van der Waals surface area contributed by atoms with Crippen LogP contribution in [-0.4, -0.2) is 55.0 Å². The second-order valence-corrected chi connectivity index (χ2v) is 8.57. The summed E-state index contributed by atoms with van der Waals surface area (Å²) in [6.45, 7) is 7.87. The van der Waals surface area contributed by atoms with E-state index in [1.54, 1.807) is 11.3 Å². The number of nitrogens with zero attached hydrogens (tertiary/aromatic N) is 2. The van der Waals surface area contributed by atoms with E-state index in [0.717, 1.165) is 47.1 Å². The van der Waals surface area contributed by atoms with Crippen molar-refractivity contribution >= 4 is 17.2 Å². The number of benzene rings is 1. The zero-order valence-corrected chi connectivity index (χ0v) is 16.8. The maximum atomic E-state index is 13.2. The second-order valence-electron chi connectivity index (χ2n) is 7.52. The van der Waals surface area contributed by atoms with Gasteiger partial charge in [-0.05, 0) is 56.8 Å². The van der Waals surface area contributed by atoms with Crippen LogP contribution >= 0.6 is 11.3 Å². The first-order valence-electron chi connectivity index (χ1n) is 10.1. The molecule has 1 aromatic carbocycles. The van der Waals surface area contributed by atoms with Crippen molar-refractivity contribution in [3.8, 4) is 16.2 Å². The van der Waals surface area contributed by atoms with E-state index < -0.39 is 0 Å². The van der Waals surface area contributed by atoms with Gasteiger partial charge in [0.1, 0.15) is 10.6 Å². The van der Waals surface area contributed by atoms with Gasteiger partial charge in [-0.25, -0.2) is 0 Å². The predicted molar refractivity (Wildman–Crippen MR) is 111 cm³/mol. The van der Waals surface area contributed by atoms with E-state index in [-0.39, 0.29) is 5.91 Å². The summed E-state index contributed by atoms with van der Waals surface area (Å²) in [5, 5.41) is 0. The van der Waals surface area contributed by atoms with Crippen molar-refractivity contribution in [2.24, 2.45) is 5.92 Å². The third-order valence-electron chi connectivity index (χ3n) is 5.54. The van der Waals surface area contributed by atoms with E-state index in [4.69, 9.17) is 4.74 Å². The molecule has 1 atom stereocenters. The van der Waals surface area contributed by atoms with E-state index in [2.05, 4.69) is 17.0 Å². The minimum absolute atomic E-state index is 0.134. The summed E-state index contributed by atoms with van der Waals surface area (Å²) in [5.74, 6) is 1.47. The van der Waals surface area contributed by atoms with Crippen molar-refractivity contribution in [2.75, 3.05) is 39.3 Å². The molecule has 2 fully saturated rings. The van der Waals surface area contributed by atoms with Crippen LogP contribution in [0.4, 0.5) is 0 Å². The Hall–Kier alpha value is -1.85. The van der Waals surface area contributed by atoms with Crippen LogP contribution < -0.4 is 4.74 Å². The van der Waals surface area contributed by atoms with Crippen LogP contribution in [0.25, 0.3) is 10.4 Å². The molecule has 5 heteroatoms. The van der Waals surface area contributed by atoms with Gasteiger partial charge in [-0.3, -0.25) is 4.79 Å². The molecule has 2 aromatic rings. The summed E-state index contributed by atoms with van der Waals surface area (Å²) in [6, 6.07) is 12.3. The zero-order chi connectivity index (χ0) is 18.6. The van der Waals surface area contributed by atoms with Gasteiger partial charge in [0.2, 0.25) is 0 Å². The van der Waals surface area contributed by atoms with E-state index in [1.807, 2.05) is 36.1 Å². The Morgan fingerprint density at radius 1 is 1.19 bits per heavy atom.